The average molecular weight is 494 g/mol. The predicted octanol–water partition coefficient (Wildman–Crippen LogP) is 2.72. The molecule has 1 N–H and O–H groups in total. The quantitative estimate of drug-likeness (QED) is 0.228. The van der Waals surface area contributed by atoms with Gasteiger partial charge in [-0.15, -0.1) is 5.10 Å². The molecule has 13 heteroatoms. The van der Waals surface area contributed by atoms with E-state index in [1.807, 2.05) is 24.3 Å². The van der Waals surface area contributed by atoms with E-state index in [4.69, 9.17) is 0 Å². The first kappa shape index (κ1) is 19.3. The van der Waals surface area contributed by atoms with Crippen molar-refractivity contribution in [3.63, 3.8) is 0 Å². The van der Waals surface area contributed by atoms with Crippen molar-refractivity contribution < 1.29 is 9.85 Å². The van der Waals surface area contributed by atoms with Crippen molar-refractivity contribution in [3.05, 3.63) is 72.1 Å². The molecule has 0 aliphatic rings. The average Bonchev–Trinajstić information content (AvgIpc) is 3.14. The van der Waals surface area contributed by atoms with Crippen molar-refractivity contribution in [2.75, 3.05) is 5.43 Å². The lowest BCUT2D eigenvalue weighted by atomic mass is 10.2. The Kier molecular flexibility index (Phi) is 5.83. The zero-order chi connectivity index (χ0) is 20.1. The number of nitrogens with zero attached hydrogens (tertiary/aromatic N) is 7. The zero-order valence-corrected chi connectivity index (χ0v) is 16.1. The first-order valence-corrected chi connectivity index (χ1v) is 8.77. The number of nitro benzene ring substituents is 2. The second-order valence-corrected chi connectivity index (χ2v) is 6.57. The van der Waals surface area contributed by atoms with Gasteiger partial charge in [0, 0.05) is 22.3 Å². The summed E-state index contributed by atoms with van der Waals surface area (Å²) in [4.78, 5) is 20.4. The summed E-state index contributed by atoms with van der Waals surface area (Å²) in [6.07, 6.45) is 1.70. The second-order valence-electron chi connectivity index (χ2n) is 5.33. The summed E-state index contributed by atoms with van der Waals surface area (Å²) in [6.45, 7) is 0. The van der Waals surface area contributed by atoms with E-state index >= 15 is 0 Å². The van der Waals surface area contributed by atoms with E-state index in [-0.39, 0.29) is 17.8 Å². The Hall–Kier alpha value is -3.49. The largest absolute Gasteiger partial charge is 0.301 e. The topological polar surface area (TPSA) is 154 Å². The van der Waals surface area contributed by atoms with E-state index in [9.17, 15) is 20.2 Å². The number of hydrogen-bond acceptors (Lipinski definition) is 9. The van der Waals surface area contributed by atoms with E-state index in [2.05, 4.69) is 48.6 Å². The number of nitro groups is 2. The van der Waals surface area contributed by atoms with Crippen molar-refractivity contribution in [2.24, 2.45) is 5.10 Å². The van der Waals surface area contributed by atoms with Crippen LogP contribution in [0.5, 0.6) is 0 Å². The minimum Gasteiger partial charge on any atom is -0.272 e. The molecule has 3 rings (SSSR count). The van der Waals surface area contributed by atoms with E-state index in [1.54, 1.807) is 4.68 Å². The zero-order valence-electron chi connectivity index (χ0n) is 14.0. The molecule has 2 aromatic carbocycles. The molecule has 0 fully saturated rings. The molecule has 0 aliphatic carbocycles. The molecule has 1 heterocycles. The van der Waals surface area contributed by atoms with Crippen LogP contribution in [0.3, 0.4) is 0 Å². The van der Waals surface area contributed by atoms with Crippen LogP contribution in [0.4, 0.5) is 17.1 Å². The van der Waals surface area contributed by atoms with Gasteiger partial charge in [0.15, 0.2) is 5.82 Å². The highest BCUT2D eigenvalue weighted by molar-refractivity contribution is 14.1. The minimum atomic E-state index is -0.720. The van der Waals surface area contributed by atoms with Crippen molar-refractivity contribution >= 4 is 45.9 Å². The van der Waals surface area contributed by atoms with Gasteiger partial charge in [-0.05, 0) is 63.3 Å². The molecule has 1 aromatic heterocycles. The highest BCUT2D eigenvalue weighted by Gasteiger charge is 2.19. The maximum atomic E-state index is 11.1. The highest BCUT2D eigenvalue weighted by Crippen LogP contribution is 2.28. The van der Waals surface area contributed by atoms with Gasteiger partial charge in [-0.3, -0.25) is 25.7 Å². The van der Waals surface area contributed by atoms with Gasteiger partial charge in [0.25, 0.3) is 5.69 Å². The van der Waals surface area contributed by atoms with Crippen LogP contribution in [-0.4, -0.2) is 36.3 Å². The first-order valence-electron chi connectivity index (χ1n) is 7.69. The lowest BCUT2D eigenvalue weighted by Gasteiger charge is -2.03. The van der Waals surface area contributed by atoms with E-state index in [0.29, 0.717) is 5.82 Å². The molecule has 0 bridgehead atoms. The van der Waals surface area contributed by atoms with Crippen LogP contribution in [0, 0.1) is 23.8 Å². The molecule has 28 heavy (non-hydrogen) atoms. The third-order valence-corrected chi connectivity index (χ3v) is 4.26. The molecule has 0 saturated carbocycles. The summed E-state index contributed by atoms with van der Waals surface area (Å²) in [5, 5.41) is 37.3. The van der Waals surface area contributed by atoms with E-state index in [1.165, 1.54) is 12.3 Å². The summed E-state index contributed by atoms with van der Waals surface area (Å²) in [7, 11) is 0. The number of halogens is 1. The number of hydrazone groups is 1. The summed E-state index contributed by atoms with van der Waals surface area (Å²) < 4.78 is 2.63. The van der Waals surface area contributed by atoms with Crippen molar-refractivity contribution in [1.82, 2.24) is 20.2 Å². The Balaban J connectivity index is 1.72. The Morgan fingerprint density at radius 2 is 1.89 bits per heavy atom. The molecule has 0 atom stereocenters. The van der Waals surface area contributed by atoms with Crippen LogP contribution < -0.4 is 5.43 Å². The third-order valence-electron chi connectivity index (χ3n) is 3.54. The molecule has 0 unspecified atom stereocenters. The van der Waals surface area contributed by atoms with Crippen LogP contribution in [-0.2, 0) is 6.42 Å². The standard InChI is InChI=1S/C15H11IN8O4/c16-10-1-3-11(4-2-10)22-15(19-20-21-22)7-8-17-18-13-6-5-12(23(25)26)9-14(13)24(27)28/h1-6,8-9,18H,7H2. The Bertz CT molecular complexity index is 1050. The summed E-state index contributed by atoms with van der Waals surface area (Å²) >= 11 is 2.19. The number of anilines is 1. The summed E-state index contributed by atoms with van der Waals surface area (Å²) in [6, 6.07) is 10.8. The molecule has 142 valence electrons. The lowest BCUT2D eigenvalue weighted by molar-refractivity contribution is -0.393. The Labute approximate surface area is 170 Å². The fraction of sp³-hybridized carbons (Fsp3) is 0.0667. The number of rotatable bonds is 7. The van der Waals surface area contributed by atoms with Gasteiger partial charge in [0.05, 0.1) is 21.6 Å². The van der Waals surface area contributed by atoms with Gasteiger partial charge in [0.2, 0.25) is 0 Å². The molecule has 3 aromatic rings. The molecule has 12 nitrogen and oxygen atoms in total. The lowest BCUT2D eigenvalue weighted by Crippen LogP contribution is -2.05. The fourth-order valence-corrected chi connectivity index (χ4v) is 2.60. The number of aromatic nitrogens is 4. The van der Waals surface area contributed by atoms with Crippen molar-refractivity contribution in [1.29, 1.82) is 0 Å². The van der Waals surface area contributed by atoms with Gasteiger partial charge in [0.1, 0.15) is 5.69 Å². The molecule has 0 aliphatic heterocycles. The Morgan fingerprint density at radius 1 is 1.14 bits per heavy atom. The van der Waals surface area contributed by atoms with Gasteiger partial charge in [-0.2, -0.15) is 9.78 Å². The van der Waals surface area contributed by atoms with Gasteiger partial charge >= 0.3 is 5.69 Å². The summed E-state index contributed by atoms with van der Waals surface area (Å²) in [5.41, 5.74) is 2.51. The Morgan fingerprint density at radius 3 is 2.57 bits per heavy atom. The predicted molar refractivity (Wildman–Crippen MR) is 107 cm³/mol. The van der Waals surface area contributed by atoms with Crippen LogP contribution in [0.1, 0.15) is 5.82 Å². The minimum absolute atomic E-state index is 0.0316. The summed E-state index contributed by atoms with van der Waals surface area (Å²) in [5.74, 6) is 0.518. The van der Waals surface area contributed by atoms with Crippen LogP contribution >= 0.6 is 22.6 Å². The third kappa shape index (κ3) is 4.43. The molecule has 0 radical (unpaired) electrons. The van der Waals surface area contributed by atoms with E-state index < -0.39 is 15.5 Å². The first-order chi connectivity index (χ1) is 13.5. The van der Waals surface area contributed by atoms with Gasteiger partial charge < -0.3 is 0 Å². The number of non-ortho nitro benzene ring substituents is 1. The second kappa shape index (κ2) is 8.47. The van der Waals surface area contributed by atoms with Crippen LogP contribution in [0.2, 0.25) is 0 Å². The maximum Gasteiger partial charge on any atom is 0.301 e. The maximum absolute atomic E-state index is 11.1. The number of tetrazole rings is 1. The van der Waals surface area contributed by atoms with Crippen molar-refractivity contribution in [3.8, 4) is 5.69 Å². The molecule has 0 amide bonds. The normalized spacial score (nSPS) is 10.9. The smallest absolute Gasteiger partial charge is 0.272 e. The van der Waals surface area contributed by atoms with Crippen LogP contribution in [0.25, 0.3) is 5.69 Å². The molecule has 0 spiro atoms. The fourth-order valence-electron chi connectivity index (χ4n) is 2.24. The SMILES string of the molecule is O=[N+]([O-])c1ccc(NN=CCc2nnnn2-c2ccc(I)cc2)c([N+](=O)[O-])c1. The van der Waals surface area contributed by atoms with E-state index in [0.717, 1.165) is 21.4 Å². The number of benzene rings is 2. The molecular weight excluding hydrogens is 483 g/mol. The van der Waals surface area contributed by atoms with Crippen molar-refractivity contribution in [2.45, 2.75) is 6.42 Å². The monoisotopic (exact) mass is 494 g/mol. The molecular formula is C15H11IN8O4. The number of nitrogens with one attached hydrogen (secondary N) is 1. The molecule has 0 saturated heterocycles. The van der Waals surface area contributed by atoms with Crippen LogP contribution in [0.15, 0.2) is 47.6 Å². The highest BCUT2D eigenvalue weighted by atomic mass is 127. The number of hydrogen-bond donors (Lipinski definition) is 1. The van der Waals surface area contributed by atoms with Gasteiger partial charge in [-0.1, -0.05) is 0 Å². The van der Waals surface area contributed by atoms with Gasteiger partial charge in [-0.25, -0.2) is 0 Å².